The van der Waals surface area contributed by atoms with Crippen LogP contribution in [0.2, 0.25) is 0 Å². The molecule has 0 amide bonds. The van der Waals surface area contributed by atoms with Gasteiger partial charge in [0.2, 0.25) is 0 Å². The van der Waals surface area contributed by atoms with Gasteiger partial charge in [-0.05, 0) is 56.9 Å². The Morgan fingerprint density at radius 3 is 2.79 bits per heavy atom. The van der Waals surface area contributed by atoms with E-state index in [1.165, 1.54) is 0 Å². The number of hydrogen-bond acceptors (Lipinski definition) is 7. The molecule has 1 aliphatic heterocycles. The van der Waals surface area contributed by atoms with Crippen molar-refractivity contribution in [3.63, 3.8) is 0 Å². The Kier molecular flexibility index (Phi) is 7.15. The fourth-order valence-corrected chi connectivity index (χ4v) is 8.59. The van der Waals surface area contributed by atoms with Crippen LogP contribution in [0.25, 0.3) is 0 Å². The van der Waals surface area contributed by atoms with Gasteiger partial charge in [0.25, 0.3) is 5.96 Å². The summed E-state index contributed by atoms with van der Waals surface area (Å²) in [7, 11) is 1.72. The number of nitrogens with one attached hydrogen (secondary N) is 2. The second-order valence-electron chi connectivity index (χ2n) is 10.9. The van der Waals surface area contributed by atoms with E-state index in [0.717, 1.165) is 49.4 Å². The molecule has 34 heavy (non-hydrogen) atoms. The number of nitrogens with two attached hydrogens (primary N) is 1. The van der Waals surface area contributed by atoms with Crippen LogP contribution in [0.3, 0.4) is 0 Å². The number of hydrogen-bond donors (Lipinski definition) is 5. The zero-order valence-corrected chi connectivity index (χ0v) is 20.9. The molecule has 4 rings (SSSR count). The summed E-state index contributed by atoms with van der Waals surface area (Å²) in [5.74, 6) is 0.114. The Labute approximate surface area is 202 Å². The van der Waals surface area contributed by atoms with Crippen LogP contribution < -0.4 is 21.1 Å². The van der Waals surface area contributed by atoms with Crippen molar-refractivity contribution >= 4 is 11.9 Å². The number of quaternary nitrogens is 1. The highest BCUT2D eigenvalue weighted by Crippen LogP contribution is 2.76. The summed E-state index contributed by atoms with van der Waals surface area (Å²) >= 11 is 0. The summed E-state index contributed by atoms with van der Waals surface area (Å²) < 4.78 is 5.63. The Morgan fingerprint density at radius 2 is 2.15 bits per heavy atom. The highest BCUT2D eigenvalue weighted by atomic mass is 16.5. The summed E-state index contributed by atoms with van der Waals surface area (Å²) in [6.45, 7) is 7.43. The highest BCUT2D eigenvalue weighted by molar-refractivity contribution is 5.90. The first-order valence-corrected chi connectivity index (χ1v) is 12.9. The number of aliphatic hydroxyl groups is 2. The van der Waals surface area contributed by atoms with Crippen LogP contribution in [0, 0.1) is 28.6 Å². The van der Waals surface area contributed by atoms with E-state index in [1.807, 2.05) is 6.92 Å². The number of allylic oxidation sites excluding steroid dienone is 1. The number of carboxylic acid groups (broad SMARTS) is 1. The predicted molar refractivity (Wildman–Crippen MR) is 126 cm³/mol. The Hall–Kier alpha value is -1.52. The molecule has 6 N–H and O–H groups in total. The van der Waals surface area contributed by atoms with Gasteiger partial charge in [-0.15, -0.1) is 0 Å². The van der Waals surface area contributed by atoms with Crippen LogP contribution in [0.15, 0.2) is 16.1 Å². The normalized spacial score (nSPS) is 41.9. The summed E-state index contributed by atoms with van der Waals surface area (Å²) in [4.78, 5) is 18.0. The van der Waals surface area contributed by atoms with E-state index in [0.29, 0.717) is 37.9 Å². The third kappa shape index (κ3) is 3.54. The zero-order valence-electron chi connectivity index (χ0n) is 20.9. The fraction of sp³-hybridized carbons (Fsp3) is 0.840. The monoisotopic (exact) mass is 478 g/mol. The van der Waals surface area contributed by atoms with Gasteiger partial charge in [0.1, 0.15) is 5.60 Å². The maximum Gasteiger partial charge on any atom is 0.293 e. The fourth-order valence-electron chi connectivity index (χ4n) is 8.59. The summed E-state index contributed by atoms with van der Waals surface area (Å²) in [6.07, 6.45) is 3.99. The maximum absolute atomic E-state index is 12.5. The number of carboxylic acids is 1. The minimum atomic E-state index is -1.56. The van der Waals surface area contributed by atoms with Crippen molar-refractivity contribution in [1.29, 1.82) is 0 Å². The average molecular weight is 479 g/mol. The average Bonchev–Trinajstić information content (AvgIpc) is 3.16. The van der Waals surface area contributed by atoms with Crippen LogP contribution in [0.5, 0.6) is 0 Å². The Morgan fingerprint density at radius 1 is 1.38 bits per heavy atom. The molecular weight excluding hydrogens is 436 g/mol. The molecule has 9 nitrogen and oxygen atoms in total. The molecule has 192 valence electrons. The number of carbonyl (C=O) groups excluding carboxylic acids is 1. The van der Waals surface area contributed by atoms with Gasteiger partial charge in [0.15, 0.2) is 0 Å². The van der Waals surface area contributed by atoms with Crippen molar-refractivity contribution in [3.8, 4) is 0 Å². The van der Waals surface area contributed by atoms with Crippen molar-refractivity contribution in [2.45, 2.75) is 51.6 Å². The van der Waals surface area contributed by atoms with E-state index in [-0.39, 0.29) is 36.0 Å². The predicted octanol–water partition coefficient (Wildman–Crippen LogP) is -1.94. The third-order valence-electron chi connectivity index (χ3n) is 9.74. The van der Waals surface area contributed by atoms with Gasteiger partial charge < -0.3 is 35.9 Å². The standard InChI is InChI=1S/C25H42N4O5/c1-4-34-15-23(33)13-24-16(2)5-6-17(11-19(24)20(23)21(31)32)25(24)14-29(22(26)27-3)9-7-18(25)12-28-8-10-30/h16-18,28,30,33H,4-15H2,1-3H3,(H2,26,27)(H,31,32)/t16-,17-,18-,23-,24+,25-/m1/s1. The lowest BCUT2D eigenvalue weighted by Gasteiger charge is -2.60. The number of aliphatic carboxylic acids is 1. The van der Waals surface area contributed by atoms with Gasteiger partial charge >= 0.3 is 0 Å². The zero-order chi connectivity index (χ0) is 24.7. The molecule has 9 heteroatoms. The molecule has 0 radical (unpaired) electrons. The van der Waals surface area contributed by atoms with Crippen molar-refractivity contribution in [2.24, 2.45) is 39.3 Å². The van der Waals surface area contributed by atoms with Crippen LogP contribution in [0.4, 0.5) is 0 Å². The molecule has 0 aromatic rings. The lowest BCUT2D eigenvalue weighted by atomic mass is 9.45. The van der Waals surface area contributed by atoms with E-state index < -0.39 is 17.0 Å². The van der Waals surface area contributed by atoms with Gasteiger partial charge in [-0.3, -0.25) is 4.90 Å². The smallest absolute Gasteiger partial charge is 0.293 e. The minimum Gasteiger partial charge on any atom is -0.545 e. The van der Waals surface area contributed by atoms with E-state index in [1.54, 1.807) is 7.05 Å². The number of carbonyl (C=O) groups is 1. The lowest BCUT2D eigenvalue weighted by molar-refractivity contribution is -0.828. The van der Waals surface area contributed by atoms with Gasteiger partial charge in [-0.2, -0.15) is 0 Å². The molecule has 2 spiro atoms. The van der Waals surface area contributed by atoms with Crippen molar-refractivity contribution in [1.82, 2.24) is 5.32 Å². The second kappa shape index (κ2) is 9.50. The van der Waals surface area contributed by atoms with Crippen LogP contribution in [-0.4, -0.2) is 80.8 Å². The number of aliphatic hydroxyl groups excluding tert-OH is 1. The summed E-state index contributed by atoms with van der Waals surface area (Å²) in [5.41, 5.74) is 5.08. The number of ether oxygens (including phenoxy) is 1. The number of aliphatic imine (C=N–C) groups is 1. The number of likely N-dealkylation sites (tertiary alicyclic amines) is 1. The van der Waals surface area contributed by atoms with Gasteiger partial charge in [-0.1, -0.05) is 12.5 Å². The first-order valence-electron chi connectivity index (χ1n) is 12.9. The Balaban J connectivity index is 1.89. The molecule has 2 bridgehead atoms. The number of nitrogens with zero attached hydrogens (tertiary/aromatic N) is 1. The van der Waals surface area contributed by atoms with E-state index in [4.69, 9.17) is 10.5 Å². The van der Waals surface area contributed by atoms with E-state index >= 15 is 0 Å². The topological polar surface area (TPSA) is 145 Å². The lowest BCUT2D eigenvalue weighted by Crippen LogP contribution is -3.19. The summed E-state index contributed by atoms with van der Waals surface area (Å²) in [5, 5.41) is 37.1. The van der Waals surface area contributed by atoms with Crippen molar-refractivity contribution in [2.75, 3.05) is 53.0 Å². The molecule has 3 aliphatic carbocycles. The number of piperidine rings is 1. The van der Waals surface area contributed by atoms with Gasteiger partial charge in [0, 0.05) is 43.0 Å². The second-order valence-corrected chi connectivity index (χ2v) is 10.9. The molecule has 7 atom stereocenters. The number of rotatable bonds is 8. The minimum absolute atomic E-state index is 0.0336. The van der Waals surface area contributed by atoms with Gasteiger partial charge in [-0.25, -0.2) is 4.99 Å². The SMILES string of the molecule is CCOC[C@]1(O)C[C@@]23C(=C1C(=O)[O-])C[C@@H](CC[C@H]2C)[C@@]31C[NH+](C(N)=NC)CC[C@@H]1CNCCO. The van der Waals surface area contributed by atoms with Crippen molar-refractivity contribution in [3.05, 3.63) is 11.1 Å². The van der Waals surface area contributed by atoms with Crippen LogP contribution in [0.1, 0.15) is 46.0 Å². The largest absolute Gasteiger partial charge is 0.545 e. The molecule has 0 aromatic carbocycles. The molecule has 2 saturated carbocycles. The molecule has 1 saturated heterocycles. The molecule has 1 unspecified atom stereocenters. The van der Waals surface area contributed by atoms with Crippen molar-refractivity contribution < 1.29 is 29.8 Å². The maximum atomic E-state index is 12.5. The summed E-state index contributed by atoms with van der Waals surface area (Å²) in [6, 6.07) is 0. The van der Waals surface area contributed by atoms with Gasteiger partial charge in [0.05, 0.1) is 32.3 Å². The first kappa shape index (κ1) is 25.6. The molecule has 1 heterocycles. The van der Waals surface area contributed by atoms with E-state index in [2.05, 4.69) is 17.2 Å². The third-order valence-corrected chi connectivity index (χ3v) is 9.74. The van der Waals surface area contributed by atoms with E-state index in [9.17, 15) is 20.1 Å². The highest BCUT2D eigenvalue weighted by Gasteiger charge is 2.75. The Bertz CT molecular complexity index is 862. The number of guanidine groups is 1. The first-order chi connectivity index (χ1) is 16.2. The molecule has 4 aliphatic rings. The molecule has 0 aromatic heterocycles. The molecular formula is C25H42N4O5. The quantitative estimate of drug-likeness (QED) is 0.155. The van der Waals surface area contributed by atoms with Crippen LogP contribution in [-0.2, 0) is 9.53 Å². The molecule has 3 fully saturated rings. The van der Waals surface area contributed by atoms with Crippen LogP contribution >= 0.6 is 0 Å².